The Hall–Kier alpha value is -5.86. The molecule has 1 aliphatic rings. The summed E-state index contributed by atoms with van der Waals surface area (Å²) in [5.41, 5.74) is 0.707. The zero-order chi connectivity index (χ0) is 34.3. The predicted molar refractivity (Wildman–Crippen MR) is 148 cm³/mol. The first kappa shape index (κ1) is 36.3. The summed E-state index contributed by atoms with van der Waals surface area (Å²) in [6, 6.07) is 10.8. The quantitative estimate of drug-likeness (QED) is 0.106. The van der Waals surface area contributed by atoms with E-state index < -0.39 is 34.2 Å². The summed E-state index contributed by atoms with van der Waals surface area (Å²) in [4.78, 5) is 69.5. The molecular weight excluding hydrogens is 631 g/mol. The van der Waals surface area contributed by atoms with Gasteiger partial charge < -0.3 is 30.5 Å². The molecule has 0 bridgehead atoms. The van der Waals surface area contributed by atoms with Crippen molar-refractivity contribution < 1.29 is 56.8 Å². The highest BCUT2D eigenvalue weighted by molar-refractivity contribution is 5.98. The van der Waals surface area contributed by atoms with E-state index in [1.165, 1.54) is 48.5 Å². The molecule has 1 saturated heterocycles. The molecule has 1 aliphatic heterocycles. The van der Waals surface area contributed by atoms with Crippen molar-refractivity contribution in [1.82, 2.24) is 21.3 Å². The van der Waals surface area contributed by atoms with Crippen molar-refractivity contribution >= 4 is 41.4 Å². The van der Waals surface area contributed by atoms with Crippen molar-refractivity contribution in [2.75, 3.05) is 19.6 Å². The number of hydrogen-bond acceptors (Lipinski definition) is 11. The van der Waals surface area contributed by atoms with Gasteiger partial charge >= 0.3 is 24.3 Å². The van der Waals surface area contributed by atoms with E-state index in [1.807, 2.05) is 0 Å². The third kappa shape index (κ3) is 13.6. The Balaban J connectivity index is 0.000000942. The number of nitro benzene ring substituents is 2. The minimum atomic E-state index is -5.08. The van der Waals surface area contributed by atoms with Crippen LogP contribution in [0.5, 0.6) is 0 Å². The number of alkyl halides is 3. The average Bonchev–Trinajstić information content (AvgIpc) is 2.97. The Morgan fingerprint density at radius 2 is 1.39 bits per heavy atom. The Labute approximate surface area is 256 Å². The molecule has 3 rings (SSSR count). The first-order valence-corrected chi connectivity index (χ1v) is 12.8. The molecule has 0 unspecified atom stereocenters. The van der Waals surface area contributed by atoms with Gasteiger partial charge in [0.2, 0.25) is 11.9 Å². The van der Waals surface area contributed by atoms with Crippen LogP contribution >= 0.6 is 0 Å². The van der Waals surface area contributed by atoms with Crippen molar-refractivity contribution in [2.24, 2.45) is 4.99 Å². The number of rotatable bonds is 10. The highest BCUT2D eigenvalue weighted by Crippen LogP contribution is 2.14. The number of carbonyl (C=O) groups excluding carboxylic acids is 3. The first-order valence-electron chi connectivity index (χ1n) is 12.8. The molecule has 46 heavy (non-hydrogen) atoms. The third-order valence-electron chi connectivity index (χ3n) is 5.48. The van der Waals surface area contributed by atoms with E-state index in [2.05, 4.69) is 26.3 Å². The van der Waals surface area contributed by atoms with E-state index in [4.69, 9.17) is 19.4 Å². The van der Waals surface area contributed by atoms with E-state index in [0.717, 1.165) is 0 Å². The molecule has 0 aromatic heterocycles. The number of nitrogens with zero attached hydrogens (tertiary/aromatic N) is 3. The molecule has 248 valence electrons. The smallest absolute Gasteiger partial charge is 0.475 e. The summed E-state index contributed by atoms with van der Waals surface area (Å²) in [5, 5.41) is 39.4. The van der Waals surface area contributed by atoms with Crippen molar-refractivity contribution in [3.63, 3.8) is 0 Å². The van der Waals surface area contributed by atoms with Gasteiger partial charge in [0.25, 0.3) is 11.4 Å². The molecule has 1 heterocycles. The van der Waals surface area contributed by atoms with Crippen LogP contribution in [0.15, 0.2) is 53.5 Å². The van der Waals surface area contributed by atoms with Gasteiger partial charge in [-0.3, -0.25) is 30.3 Å². The van der Waals surface area contributed by atoms with E-state index in [1.54, 1.807) is 0 Å². The van der Waals surface area contributed by atoms with Crippen molar-refractivity contribution in [3.05, 3.63) is 79.9 Å². The summed E-state index contributed by atoms with van der Waals surface area (Å²) in [6.07, 6.45) is -7.14. The first-order chi connectivity index (χ1) is 21.6. The van der Waals surface area contributed by atoms with E-state index in [0.29, 0.717) is 24.2 Å². The van der Waals surface area contributed by atoms with Gasteiger partial charge in [-0.05, 0) is 35.4 Å². The summed E-state index contributed by atoms with van der Waals surface area (Å²) >= 11 is 0. The van der Waals surface area contributed by atoms with Crippen LogP contribution in [-0.2, 0) is 32.3 Å². The second kappa shape index (κ2) is 17.4. The van der Waals surface area contributed by atoms with Crippen molar-refractivity contribution in [3.8, 4) is 0 Å². The van der Waals surface area contributed by atoms with Crippen molar-refractivity contribution in [2.45, 2.75) is 31.9 Å². The van der Waals surface area contributed by atoms with Crippen LogP contribution in [0.25, 0.3) is 0 Å². The summed E-state index contributed by atoms with van der Waals surface area (Å²) in [7, 11) is 0. The number of carboxylic acids is 1. The molecule has 0 saturated carbocycles. The minimum Gasteiger partial charge on any atom is -0.475 e. The molecule has 1 fully saturated rings. The fourth-order valence-electron chi connectivity index (χ4n) is 3.07. The Morgan fingerprint density at radius 3 is 1.80 bits per heavy atom. The molecule has 18 nitrogen and oxygen atoms in total. The number of ether oxygens (including phenoxy) is 2. The summed E-state index contributed by atoms with van der Waals surface area (Å²) in [6.45, 7) is 0.905. The Kier molecular flexibility index (Phi) is 13.8. The number of nitro groups is 2. The van der Waals surface area contributed by atoms with Gasteiger partial charge in [-0.1, -0.05) is 0 Å². The molecule has 0 spiro atoms. The number of nitrogens with one attached hydrogen (secondary N) is 4. The van der Waals surface area contributed by atoms with Crippen LogP contribution in [0.2, 0.25) is 0 Å². The van der Waals surface area contributed by atoms with Crippen LogP contribution in [0.3, 0.4) is 0 Å². The van der Waals surface area contributed by atoms with Crippen LogP contribution < -0.4 is 21.3 Å². The number of halogens is 3. The van der Waals surface area contributed by atoms with Crippen LogP contribution in [0, 0.1) is 20.2 Å². The molecule has 0 aliphatic carbocycles. The molecule has 5 N–H and O–H groups in total. The number of benzene rings is 2. The number of alkyl carbamates (subject to hydrolysis) is 1. The predicted octanol–water partition coefficient (Wildman–Crippen LogP) is 2.12. The molecule has 0 atom stereocenters. The lowest BCUT2D eigenvalue weighted by atomic mass is 10.2. The Morgan fingerprint density at radius 1 is 0.913 bits per heavy atom. The van der Waals surface area contributed by atoms with Gasteiger partial charge in [0.1, 0.15) is 13.2 Å². The molecular formula is C25H26F3N7O11. The topological polar surface area (TPSA) is 254 Å². The largest absolute Gasteiger partial charge is 0.490 e. The maximum Gasteiger partial charge on any atom is 0.490 e. The molecule has 2 aromatic carbocycles. The molecule has 2 aromatic rings. The second-order valence-corrected chi connectivity index (χ2v) is 8.97. The van der Waals surface area contributed by atoms with Gasteiger partial charge in [-0.25, -0.2) is 14.4 Å². The van der Waals surface area contributed by atoms with E-state index >= 15 is 0 Å². The number of guanidine groups is 1. The normalized spacial score (nSPS) is 12.7. The van der Waals surface area contributed by atoms with Gasteiger partial charge in [-0.15, -0.1) is 4.99 Å². The van der Waals surface area contributed by atoms with Gasteiger partial charge in [0, 0.05) is 50.3 Å². The number of aliphatic carboxylic acids is 1. The average molecular weight is 658 g/mol. The fraction of sp³-hybridized carbons (Fsp3) is 0.320. The number of carboxylic acid groups (broad SMARTS) is 1. The zero-order valence-corrected chi connectivity index (χ0v) is 23.4. The van der Waals surface area contributed by atoms with Crippen LogP contribution in [0.4, 0.5) is 34.1 Å². The summed E-state index contributed by atoms with van der Waals surface area (Å²) in [5.74, 6) is -3.34. The third-order valence-corrected chi connectivity index (χ3v) is 5.48. The number of amides is 3. The molecule has 0 radical (unpaired) electrons. The molecule has 3 amide bonds. The van der Waals surface area contributed by atoms with E-state index in [-0.39, 0.29) is 55.5 Å². The van der Waals surface area contributed by atoms with Gasteiger partial charge in [0.15, 0.2) is 0 Å². The second-order valence-electron chi connectivity index (χ2n) is 8.97. The fourth-order valence-corrected chi connectivity index (χ4v) is 3.07. The minimum absolute atomic E-state index is 0.0169. The highest BCUT2D eigenvalue weighted by Gasteiger charge is 2.38. The number of aliphatic imine (C=N–C) groups is 1. The van der Waals surface area contributed by atoms with Crippen molar-refractivity contribution in [1.29, 1.82) is 0 Å². The zero-order valence-electron chi connectivity index (χ0n) is 23.4. The SMILES string of the molecule is O=C(CCN/C(=N\C(=O)OCc1ccc([N+](=O)[O-])cc1)NC(=O)OCc1ccc([N+](=O)[O-])cc1)NC1CNC1.O=C(O)C(F)(F)F. The van der Waals surface area contributed by atoms with Crippen LogP contribution in [0.1, 0.15) is 17.5 Å². The maximum absolute atomic E-state index is 12.3. The maximum atomic E-state index is 12.3. The monoisotopic (exact) mass is 657 g/mol. The lowest BCUT2D eigenvalue weighted by Crippen LogP contribution is -2.57. The Bertz CT molecular complexity index is 1430. The number of carbonyl (C=O) groups is 4. The van der Waals surface area contributed by atoms with Gasteiger partial charge in [-0.2, -0.15) is 13.2 Å². The molecule has 21 heteroatoms. The highest BCUT2D eigenvalue weighted by atomic mass is 19.4. The number of hydrogen-bond donors (Lipinski definition) is 5. The van der Waals surface area contributed by atoms with Gasteiger partial charge in [0.05, 0.1) is 15.9 Å². The lowest BCUT2D eigenvalue weighted by Gasteiger charge is -2.27. The summed E-state index contributed by atoms with van der Waals surface area (Å²) < 4.78 is 41.8. The number of non-ortho nitro benzene ring substituents is 2. The van der Waals surface area contributed by atoms with Crippen LogP contribution in [-0.4, -0.2) is 76.8 Å². The van der Waals surface area contributed by atoms with E-state index in [9.17, 15) is 47.8 Å². The lowest BCUT2D eigenvalue weighted by molar-refractivity contribution is -0.385. The standard InChI is InChI=1S/C23H25N7O9.C2HF3O2/c31-20(26-17-11-24-12-17)9-10-25-21(27-22(32)38-13-15-1-5-18(6-2-15)29(34)35)28-23(33)39-14-16-3-7-19(8-4-16)30(36)37;3-2(4,5)1(6)7/h1-8,17,24H,9-14H2,(H,26,31)(H2,25,27,28,32,33);(H,6,7).